The first-order chi connectivity index (χ1) is 10.9. The van der Waals surface area contributed by atoms with Crippen LogP contribution in [0.2, 0.25) is 0 Å². The standard InChI is InChI=1S/C14H17NO8/c1-14(20-3)22-10-8-6-7(9(21-8)11(10)23-14)13(18)15(12(6)17)4-5(16)19-2/h8-11,17-18H,4H2,1-3H3/t8-,9?,10+,11?,14?/m0/s1. The molecule has 4 heterocycles. The molecule has 3 aliphatic rings. The Balaban J connectivity index is 1.72. The van der Waals surface area contributed by atoms with Crippen molar-refractivity contribution in [2.75, 3.05) is 14.2 Å². The third-order valence-corrected chi connectivity index (χ3v) is 4.65. The van der Waals surface area contributed by atoms with Gasteiger partial charge in [-0.2, -0.15) is 0 Å². The van der Waals surface area contributed by atoms with Crippen LogP contribution in [0.1, 0.15) is 30.3 Å². The SMILES string of the molecule is COC(=O)Cn1c(O)c2c(c1O)[C@@H]1OC2C2OC(C)(OC)O[C@@H]21. The molecule has 0 amide bonds. The summed E-state index contributed by atoms with van der Waals surface area (Å²) in [5, 5.41) is 20.8. The summed E-state index contributed by atoms with van der Waals surface area (Å²) >= 11 is 0. The average Bonchev–Trinajstić information content (AvgIpc) is 3.22. The molecule has 1 aromatic heterocycles. The average molecular weight is 327 g/mol. The number of nitrogens with zero attached hydrogens (tertiary/aromatic N) is 1. The van der Waals surface area contributed by atoms with E-state index >= 15 is 0 Å². The molecule has 4 rings (SSSR count). The second-order valence-corrected chi connectivity index (χ2v) is 5.85. The maximum Gasteiger partial charge on any atom is 0.325 e. The summed E-state index contributed by atoms with van der Waals surface area (Å²) in [5.41, 5.74) is 0.836. The molecule has 9 nitrogen and oxygen atoms in total. The molecule has 2 fully saturated rings. The van der Waals surface area contributed by atoms with Gasteiger partial charge in [-0.25, -0.2) is 0 Å². The van der Waals surface area contributed by atoms with E-state index in [1.54, 1.807) is 6.92 Å². The highest BCUT2D eigenvalue weighted by molar-refractivity contribution is 5.70. The van der Waals surface area contributed by atoms with Crippen LogP contribution in [0.5, 0.6) is 11.8 Å². The Kier molecular flexibility index (Phi) is 2.95. The minimum absolute atomic E-state index is 0.233. The number of fused-ring (bicyclic) bond motifs is 8. The predicted octanol–water partition coefficient (Wildman–Crippen LogP) is 0.302. The number of methoxy groups -OCH3 is 2. The van der Waals surface area contributed by atoms with Crippen LogP contribution in [0.3, 0.4) is 0 Å². The number of carbonyl (C=O) groups excluding carboxylic acids is 1. The molecule has 2 bridgehead atoms. The molecule has 23 heavy (non-hydrogen) atoms. The number of hydrogen-bond acceptors (Lipinski definition) is 8. The zero-order chi connectivity index (χ0) is 16.5. The molecule has 3 aliphatic heterocycles. The van der Waals surface area contributed by atoms with Crippen LogP contribution < -0.4 is 0 Å². The summed E-state index contributed by atoms with van der Waals surface area (Å²) < 4.78 is 28.2. The minimum atomic E-state index is -1.19. The summed E-state index contributed by atoms with van der Waals surface area (Å²) in [4.78, 5) is 11.4. The second-order valence-electron chi connectivity index (χ2n) is 5.85. The first kappa shape index (κ1) is 14.8. The van der Waals surface area contributed by atoms with E-state index in [-0.39, 0.29) is 18.3 Å². The Morgan fingerprint density at radius 3 is 2.13 bits per heavy atom. The normalized spacial score (nSPS) is 37.0. The van der Waals surface area contributed by atoms with E-state index in [2.05, 4.69) is 4.74 Å². The van der Waals surface area contributed by atoms with Crippen molar-refractivity contribution < 1.29 is 38.7 Å². The molecule has 0 aliphatic carbocycles. The van der Waals surface area contributed by atoms with Gasteiger partial charge < -0.3 is 33.9 Å². The number of hydrogen-bond donors (Lipinski definition) is 2. The van der Waals surface area contributed by atoms with E-state index in [4.69, 9.17) is 18.9 Å². The van der Waals surface area contributed by atoms with Gasteiger partial charge in [-0.1, -0.05) is 0 Å². The summed E-state index contributed by atoms with van der Waals surface area (Å²) in [5.74, 6) is -2.24. The fourth-order valence-corrected chi connectivity index (χ4v) is 3.53. The largest absolute Gasteiger partial charge is 0.494 e. The van der Waals surface area contributed by atoms with Crippen LogP contribution in [0, 0.1) is 0 Å². The molecule has 0 spiro atoms. The van der Waals surface area contributed by atoms with Crippen molar-refractivity contribution in [1.29, 1.82) is 0 Å². The fourth-order valence-electron chi connectivity index (χ4n) is 3.53. The molecule has 5 atom stereocenters. The smallest absolute Gasteiger partial charge is 0.325 e. The van der Waals surface area contributed by atoms with Gasteiger partial charge in [0.15, 0.2) is 0 Å². The van der Waals surface area contributed by atoms with Gasteiger partial charge in [-0.05, 0) is 0 Å². The van der Waals surface area contributed by atoms with Crippen molar-refractivity contribution in [2.24, 2.45) is 0 Å². The van der Waals surface area contributed by atoms with Crippen LogP contribution in [0.25, 0.3) is 0 Å². The molecule has 3 unspecified atom stereocenters. The zero-order valence-electron chi connectivity index (χ0n) is 12.8. The van der Waals surface area contributed by atoms with Crippen molar-refractivity contribution in [1.82, 2.24) is 4.57 Å². The fraction of sp³-hybridized carbons (Fsp3) is 0.643. The lowest BCUT2D eigenvalue weighted by Gasteiger charge is -2.23. The lowest BCUT2D eigenvalue weighted by Crippen LogP contribution is -2.30. The predicted molar refractivity (Wildman–Crippen MR) is 71.5 cm³/mol. The molecule has 0 aromatic carbocycles. The van der Waals surface area contributed by atoms with Gasteiger partial charge in [0.1, 0.15) is 31.0 Å². The maximum atomic E-state index is 11.4. The molecular weight excluding hydrogens is 310 g/mol. The lowest BCUT2D eigenvalue weighted by atomic mass is 9.90. The van der Waals surface area contributed by atoms with E-state index in [9.17, 15) is 15.0 Å². The molecule has 1 aromatic rings. The highest BCUT2D eigenvalue weighted by atomic mass is 16.9. The second kappa shape index (κ2) is 4.60. The molecule has 0 radical (unpaired) electrons. The zero-order valence-corrected chi connectivity index (χ0v) is 12.8. The Morgan fingerprint density at radius 1 is 1.17 bits per heavy atom. The van der Waals surface area contributed by atoms with Crippen molar-refractivity contribution in [3.8, 4) is 11.8 Å². The van der Waals surface area contributed by atoms with Gasteiger partial charge in [0.2, 0.25) is 11.8 Å². The van der Waals surface area contributed by atoms with E-state index < -0.39 is 36.4 Å². The number of aromatic hydroxyl groups is 2. The Morgan fingerprint density at radius 2 is 1.70 bits per heavy atom. The van der Waals surface area contributed by atoms with E-state index in [1.807, 2.05) is 0 Å². The molecule has 0 saturated carbocycles. The lowest BCUT2D eigenvalue weighted by molar-refractivity contribution is -0.331. The highest BCUT2D eigenvalue weighted by Crippen LogP contribution is 2.62. The van der Waals surface area contributed by atoms with Gasteiger partial charge in [0.05, 0.1) is 18.2 Å². The minimum Gasteiger partial charge on any atom is -0.494 e. The maximum absolute atomic E-state index is 11.4. The third-order valence-electron chi connectivity index (χ3n) is 4.65. The number of aromatic nitrogens is 1. The van der Waals surface area contributed by atoms with Crippen molar-refractivity contribution in [2.45, 2.75) is 43.9 Å². The first-order valence-corrected chi connectivity index (χ1v) is 7.17. The summed E-state index contributed by atoms with van der Waals surface area (Å²) in [7, 11) is 2.70. The van der Waals surface area contributed by atoms with Crippen LogP contribution in [-0.4, -0.2) is 53.2 Å². The third kappa shape index (κ3) is 1.78. The molecule has 2 N–H and O–H groups in total. The van der Waals surface area contributed by atoms with Crippen LogP contribution in [0.4, 0.5) is 0 Å². The van der Waals surface area contributed by atoms with Gasteiger partial charge in [0.25, 0.3) is 5.97 Å². The van der Waals surface area contributed by atoms with Crippen molar-refractivity contribution in [3.05, 3.63) is 11.1 Å². The van der Waals surface area contributed by atoms with Gasteiger partial charge in [0, 0.05) is 14.0 Å². The summed E-state index contributed by atoms with van der Waals surface area (Å²) in [6, 6.07) is 0. The number of rotatable bonds is 3. The molecular formula is C14H17NO8. The number of ether oxygens (including phenoxy) is 5. The van der Waals surface area contributed by atoms with Gasteiger partial charge in [-0.15, -0.1) is 0 Å². The first-order valence-electron chi connectivity index (χ1n) is 7.17. The molecule has 2 saturated heterocycles. The van der Waals surface area contributed by atoms with Crippen molar-refractivity contribution >= 4 is 5.97 Å². The van der Waals surface area contributed by atoms with Gasteiger partial charge in [-0.3, -0.25) is 9.36 Å². The Bertz CT molecular complexity index is 641. The van der Waals surface area contributed by atoms with E-state index in [0.717, 1.165) is 4.57 Å². The monoisotopic (exact) mass is 327 g/mol. The van der Waals surface area contributed by atoms with Gasteiger partial charge >= 0.3 is 5.97 Å². The highest BCUT2D eigenvalue weighted by Gasteiger charge is 2.64. The Labute approximate surface area is 131 Å². The van der Waals surface area contributed by atoms with Crippen LogP contribution >= 0.6 is 0 Å². The Hall–Kier alpha value is -1.81. The summed E-state index contributed by atoms with van der Waals surface area (Å²) in [6.07, 6.45) is -2.11. The quantitative estimate of drug-likeness (QED) is 0.763. The number of esters is 1. The van der Waals surface area contributed by atoms with Crippen LogP contribution in [0.15, 0.2) is 0 Å². The number of carbonyl (C=O) groups is 1. The topological polar surface area (TPSA) is 109 Å². The van der Waals surface area contributed by atoms with E-state index in [0.29, 0.717) is 11.1 Å². The van der Waals surface area contributed by atoms with E-state index in [1.165, 1.54) is 14.2 Å². The van der Waals surface area contributed by atoms with Crippen molar-refractivity contribution in [3.63, 3.8) is 0 Å². The molecule has 126 valence electrons. The molecule has 9 heteroatoms. The van der Waals surface area contributed by atoms with Crippen LogP contribution in [-0.2, 0) is 35.0 Å². The summed E-state index contributed by atoms with van der Waals surface area (Å²) in [6.45, 7) is 1.35.